The van der Waals surface area contributed by atoms with Gasteiger partial charge in [-0.1, -0.05) is 60.7 Å². The van der Waals surface area contributed by atoms with E-state index in [1.165, 1.54) is 0 Å². The van der Waals surface area contributed by atoms with Gasteiger partial charge in [-0.15, -0.1) is 0 Å². The lowest BCUT2D eigenvalue weighted by atomic mass is 9.98. The molecule has 0 atom stereocenters. The fraction of sp³-hybridized carbons (Fsp3) is 0. The number of phenolic OH excluding ortho intramolecular Hbond substituents is 1. The Kier molecular flexibility index (Phi) is 5.28. The number of nitriles is 1. The highest BCUT2D eigenvalue weighted by Crippen LogP contribution is 2.42. The van der Waals surface area contributed by atoms with Crippen molar-refractivity contribution < 1.29 is 9.52 Å². The Morgan fingerprint density at radius 2 is 1.59 bits per heavy atom. The molecular formula is C24H15BrN2O2. The molecule has 0 spiro atoms. The van der Waals surface area contributed by atoms with Gasteiger partial charge in [-0.25, -0.2) is 4.99 Å². The third-order valence-corrected chi connectivity index (χ3v) is 5.04. The van der Waals surface area contributed by atoms with Crippen LogP contribution in [-0.4, -0.2) is 11.3 Å². The second kappa shape index (κ2) is 8.17. The number of furan rings is 1. The van der Waals surface area contributed by atoms with Gasteiger partial charge in [0.1, 0.15) is 23.1 Å². The molecule has 0 aliphatic carbocycles. The van der Waals surface area contributed by atoms with Crippen molar-refractivity contribution in [3.8, 4) is 34.3 Å². The number of hydrogen-bond donors (Lipinski definition) is 1. The van der Waals surface area contributed by atoms with Crippen LogP contribution in [0.4, 0.5) is 5.88 Å². The zero-order valence-corrected chi connectivity index (χ0v) is 16.8. The van der Waals surface area contributed by atoms with Gasteiger partial charge in [0, 0.05) is 17.3 Å². The van der Waals surface area contributed by atoms with Crippen molar-refractivity contribution in [3.63, 3.8) is 0 Å². The molecule has 0 aliphatic heterocycles. The summed E-state index contributed by atoms with van der Waals surface area (Å²) < 4.78 is 6.64. The molecule has 4 rings (SSSR count). The van der Waals surface area contributed by atoms with E-state index in [2.05, 4.69) is 27.0 Å². The van der Waals surface area contributed by atoms with Gasteiger partial charge < -0.3 is 9.52 Å². The van der Waals surface area contributed by atoms with Crippen molar-refractivity contribution in [3.05, 3.63) is 94.5 Å². The monoisotopic (exact) mass is 442 g/mol. The molecule has 1 heterocycles. The van der Waals surface area contributed by atoms with Crippen LogP contribution in [-0.2, 0) is 0 Å². The van der Waals surface area contributed by atoms with E-state index in [1.807, 2.05) is 60.7 Å². The summed E-state index contributed by atoms with van der Waals surface area (Å²) in [6.45, 7) is 0. The topological polar surface area (TPSA) is 69.5 Å². The first-order valence-electron chi connectivity index (χ1n) is 8.87. The molecule has 1 aromatic heterocycles. The zero-order chi connectivity index (χ0) is 20.2. The van der Waals surface area contributed by atoms with Crippen LogP contribution in [0.15, 0.2) is 92.7 Å². The Morgan fingerprint density at radius 1 is 0.931 bits per heavy atom. The van der Waals surface area contributed by atoms with Crippen molar-refractivity contribution in [2.24, 2.45) is 4.99 Å². The van der Waals surface area contributed by atoms with Gasteiger partial charge in [0.25, 0.3) is 0 Å². The Hall–Kier alpha value is -3.62. The van der Waals surface area contributed by atoms with E-state index >= 15 is 0 Å². The van der Waals surface area contributed by atoms with Crippen molar-refractivity contribution in [2.75, 3.05) is 0 Å². The number of aliphatic imine (C=N–C) groups is 1. The molecular weight excluding hydrogens is 428 g/mol. The molecule has 4 nitrogen and oxygen atoms in total. The molecule has 4 aromatic rings. The maximum Gasteiger partial charge on any atom is 0.238 e. The number of rotatable bonds is 4. The van der Waals surface area contributed by atoms with Crippen LogP contribution in [0.25, 0.3) is 22.5 Å². The summed E-state index contributed by atoms with van der Waals surface area (Å²) in [5, 5.41) is 19.5. The summed E-state index contributed by atoms with van der Waals surface area (Å²) in [4.78, 5) is 4.43. The summed E-state index contributed by atoms with van der Waals surface area (Å²) in [7, 11) is 0. The summed E-state index contributed by atoms with van der Waals surface area (Å²) in [5.74, 6) is 0.998. The first-order valence-corrected chi connectivity index (χ1v) is 9.67. The highest BCUT2D eigenvalue weighted by atomic mass is 79.9. The fourth-order valence-corrected chi connectivity index (χ4v) is 3.42. The Balaban J connectivity index is 1.87. The number of hydrogen-bond acceptors (Lipinski definition) is 4. The predicted octanol–water partition coefficient (Wildman–Crippen LogP) is 6.70. The number of aromatic hydroxyl groups is 1. The van der Waals surface area contributed by atoms with Crippen molar-refractivity contribution in [1.82, 2.24) is 0 Å². The molecule has 5 heteroatoms. The second-order valence-corrected chi connectivity index (χ2v) is 7.15. The molecule has 0 bridgehead atoms. The predicted molar refractivity (Wildman–Crippen MR) is 117 cm³/mol. The molecule has 0 saturated carbocycles. The van der Waals surface area contributed by atoms with E-state index in [0.717, 1.165) is 22.3 Å². The fourth-order valence-electron chi connectivity index (χ4n) is 3.02. The summed E-state index contributed by atoms with van der Waals surface area (Å²) in [6.07, 6.45) is 1.60. The summed E-state index contributed by atoms with van der Waals surface area (Å²) in [6, 6.07) is 26.6. The van der Waals surface area contributed by atoms with E-state index in [-0.39, 0.29) is 11.6 Å². The number of halogens is 1. The summed E-state index contributed by atoms with van der Waals surface area (Å²) >= 11 is 3.29. The lowest BCUT2D eigenvalue weighted by molar-refractivity contribution is 0.472. The highest BCUT2D eigenvalue weighted by Gasteiger charge is 2.22. The molecule has 29 heavy (non-hydrogen) atoms. The number of phenols is 1. The van der Waals surface area contributed by atoms with Crippen molar-refractivity contribution in [1.29, 1.82) is 5.26 Å². The first kappa shape index (κ1) is 18.7. The largest absolute Gasteiger partial charge is 0.507 e. The number of nitrogens with zero attached hydrogens (tertiary/aromatic N) is 2. The minimum absolute atomic E-state index is 0.149. The van der Waals surface area contributed by atoms with Gasteiger partial charge in [0.15, 0.2) is 0 Å². The molecule has 3 aromatic carbocycles. The highest BCUT2D eigenvalue weighted by molar-refractivity contribution is 9.10. The standard InChI is InChI=1S/C24H15BrN2O2/c25-20-13-16(11-12-21(20)28)15-27-24-19(14-26)22(17-7-3-1-4-8-17)23(29-24)18-9-5-2-6-10-18/h1-13,15,28H. The first-order chi connectivity index (χ1) is 14.2. The van der Waals surface area contributed by atoms with Gasteiger partial charge in [0.2, 0.25) is 5.88 Å². The Labute approximate surface area is 176 Å². The van der Waals surface area contributed by atoms with E-state index in [1.54, 1.807) is 24.4 Å². The van der Waals surface area contributed by atoms with Gasteiger partial charge in [-0.3, -0.25) is 0 Å². The Bertz CT molecular complexity index is 1220. The van der Waals surface area contributed by atoms with Gasteiger partial charge >= 0.3 is 0 Å². The average Bonchev–Trinajstić information content (AvgIpc) is 3.14. The van der Waals surface area contributed by atoms with Crippen LogP contribution in [0.2, 0.25) is 0 Å². The van der Waals surface area contributed by atoms with Crippen LogP contribution in [0.1, 0.15) is 11.1 Å². The van der Waals surface area contributed by atoms with Gasteiger partial charge in [-0.05, 0) is 45.3 Å². The minimum atomic E-state index is 0.149. The summed E-state index contributed by atoms with van der Waals surface area (Å²) in [5.41, 5.74) is 3.62. The van der Waals surface area contributed by atoms with Gasteiger partial charge in [-0.2, -0.15) is 5.26 Å². The second-order valence-electron chi connectivity index (χ2n) is 6.30. The smallest absolute Gasteiger partial charge is 0.238 e. The van der Waals surface area contributed by atoms with E-state index in [0.29, 0.717) is 15.8 Å². The van der Waals surface area contributed by atoms with E-state index in [4.69, 9.17) is 4.42 Å². The minimum Gasteiger partial charge on any atom is -0.507 e. The molecule has 1 N–H and O–H groups in total. The third kappa shape index (κ3) is 3.84. The molecule has 0 unspecified atom stereocenters. The van der Waals surface area contributed by atoms with Crippen LogP contribution in [0.5, 0.6) is 5.75 Å². The van der Waals surface area contributed by atoms with Crippen molar-refractivity contribution >= 4 is 28.0 Å². The molecule has 0 radical (unpaired) electrons. The molecule has 0 aliphatic rings. The average molecular weight is 443 g/mol. The lowest BCUT2D eigenvalue weighted by Gasteiger charge is -2.03. The zero-order valence-electron chi connectivity index (χ0n) is 15.2. The normalized spacial score (nSPS) is 10.9. The van der Waals surface area contributed by atoms with Gasteiger partial charge in [0.05, 0.1) is 4.47 Å². The molecule has 0 saturated heterocycles. The molecule has 140 valence electrons. The van der Waals surface area contributed by atoms with Crippen LogP contribution >= 0.6 is 15.9 Å². The van der Waals surface area contributed by atoms with Crippen LogP contribution < -0.4 is 0 Å². The van der Waals surface area contributed by atoms with Crippen molar-refractivity contribution in [2.45, 2.75) is 0 Å². The molecule has 0 fully saturated rings. The maximum atomic E-state index is 9.87. The van der Waals surface area contributed by atoms with E-state index < -0.39 is 0 Å². The quantitative estimate of drug-likeness (QED) is 0.357. The van der Waals surface area contributed by atoms with Crippen LogP contribution in [0, 0.1) is 11.3 Å². The maximum absolute atomic E-state index is 9.87. The SMILES string of the molecule is N#Cc1c(N=Cc2ccc(O)c(Br)c2)oc(-c2ccccc2)c1-c1ccccc1. The lowest BCUT2D eigenvalue weighted by Crippen LogP contribution is -1.83. The third-order valence-electron chi connectivity index (χ3n) is 4.40. The molecule has 0 amide bonds. The number of benzene rings is 3. The van der Waals surface area contributed by atoms with Crippen LogP contribution in [0.3, 0.4) is 0 Å². The Morgan fingerprint density at radius 3 is 2.21 bits per heavy atom. The van der Waals surface area contributed by atoms with E-state index in [9.17, 15) is 10.4 Å².